The number of rotatable bonds is 7. The first-order chi connectivity index (χ1) is 15.1. The normalized spacial score (nSPS) is 15.2. The van der Waals surface area contributed by atoms with Crippen LogP contribution in [-0.4, -0.2) is 35.4 Å². The molecule has 0 aliphatic carbocycles. The Labute approximate surface area is 193 Å². The van der Waals surface area contributed by atoms with Crippen molar-refractivity contribution in [2.24, 2.45) is 0 Å². The predicted molar refractivity (Wildman–Crippen MR) is 128 cm³/mol. The molecule has 1 saturated heterocycles. The molecule has 4 nitrogen and oxygen atoms in total. The molecule has 6 heteroatoms. The zero-order valence-corrected chi connectivity index (χ0v) is 19.4. The van der Waals surface area contributed by atoms with Gasteiger partial charge in [-0.2, -0.15) is 0 Å². The van der Waals surface area contributed by atoms with Crippen molar-refractivity contribution >= 4 is 28.8 Å². The maximum Gasteiger partial charge on any atom is 0.253 e. The molecule has 0 unspecified atom stereocenters. The Bertz CT molecular complexity index is 1010. The lowest BCUT2D eigenvalue weighted by Gasteiger charge is -2.32. The van der Waals surface area contributed by atoms with Crippen LogP contribution in [0.2, 0.25) is 5.02 Å². The molecule has 0 bridgehead atoms. The zero-order valence-electron chi connectivity index (χ0n) is 17.8. The Morgan fingerprint density at radius 2 is 2.03 bits per heavy atom. The minimum Gasteiger partial charge on any atom is -0.352 e. The Kier molecular flexibility index (Phi) is 7.38. The van der Waals surface area contributed by atoms with E-state index in [-0.39, 0.29) is 5.91 Å². The number of piperidine rings is 1. The number of halogens is 1. The van der Waals surface area contributed by atoms with Gasteiger partial charge in [-0.3, -0.25) is 14.7 Å². The average Bonchev–Trinajstić information content (AvgIpc) is 3.28. The Morgan fingerprint density at radius 3 is 2.77 bits per heavy atom. The van der Waals surface area contributed by atoms with E-state index in [0.717, 1.165) is 60.9 Å². The first-order valence-corrected chi connectivity index (χ1v) is 12.1. The molecule has 3 heterocycles. The maximum atomic E-state index is 12.9. The van der Waals surface area contributed by atoms with Gasteiger partial charge in [0.2, 0.25) is 0 Å². The van der Waals surface area contributed by atoms with Gasteiger partial charge in [-0.15, -0.1) is 11.3 Å². The first kappa shape index (κ1) is 22.0. The molecule has 1 aromatic carbocycles. The highest BCUT2D eigenvalue weighted by Gasteiger charge is 2.26. The smallest absolute Gasteiger partial charge is 0.253 e. The summed E-state index contributed by atoms with van der Waals surface area (Å²) in [6.45, 7) is 5.53. The monoisotopic (exact) mass is 453 g/mol. The van der Waals surface area contributed by atoms with Gasteiger partial charge in [-0.25, -0.2) is 0 Å². The lowest BCUT2D eigenvalue weighted by Crippen LogP contribution is -2.34. The van der Waals surface area contributed by atoms with Crippen LogP contribution in [-0.2, 0) is 13.0 Å². The lowest BCUT2D eigenvalue weighted by atomic mass is 9.89. The van der Waals surface area contributed by atoms with E-state index in [1.54, 1.807) is 11.3 Å². The number of aryl methyl sites for hydroxylation is 1. The van der Waals surface area contributed by atoms with Gasteiger partial charge >= 0.3 is 0 Å². The summed E-state index contributed by atoms with van der Waals surface area (Å²) in [5, 5.41) is 5.94. The van der Waals surface area contributed by atoms with Gasteiger partial charge in [0.05, 0.1) is 11.3 Å². The van der Waals surface area contributed by atoms with Gasteiger partial charge in [0, 0.05) is 34.6 Å². The number of nitrogens with zero attached hydrogens (tertiary/aromatic N) is 2. The number of hydrogen-bond donors (Lipinski definition) is 1. The van der Waals surface area contributed by atoms with Crippen LogP contribution >= 0.6 is 22.9 Å². The number of carbonyl (C=O) groups is 1. The number of aromatic nitrogens is 1. The van der Waals surface area contributed by atoms with Crippen LogP contribution in [0.1, 0.15) is 50.9 Å². The number of pyridine rings is 1. The molecule has 1 aliphatic heterocycles. The minimum atomic E-state index is -0.0135. The SMILES string of the molecule is Cc1ccc(C(=O)NCCc2cccs2)c(C2CCN(Cc3cccc(Cl)c3)CC2)n1. The van der Waals surface area contributed by atoms with E-state index in [1.165, 1.54) is 10.4 Å². The van der Waals surface area contributed by atoms with Crippen molar-refractivity contribution in [1.29, 1.82) is 0 Å². The Balaban J connectivity index is 1.37. The van der Waals surface area contributed by atoms with Gasteiger partial charge in [0.15, 0.2) is 0 Å². The van der Waals surface area contributed by atoms with Gasteiger partial charge in [0.25, 0.3) is 5.91 Å². The molecule has 31 heavy (non-hydrogen) atoms. The number of nitrogens with one attached hydrogen (secondary N) is 1. The van der Waals surface area contributed by atoms with Gasteiger partial charge in [-0.1, -0.05) is 29.8 Å². The standard InChI is InChI=1S/C25H28ClN3OS/c1-18-7-8-23(25(30)27-12-9-22-6-3-15-31-22)24(28-18)20-10-13-29(14-11-20)17-19-4-2-5-21(26)16-19/h2-8,15-16,20H,9-14,17H2,1H3,(H,27,30). The van der Waals surface area contributed by atoms with Crippen molar-refractivity contribution in [2.75, 3.05) is 19.6 Å². The highest BCUT2D eigenvalue weighted by Crippen LogP contribution is 2.30. The molecule has 4 rings (SSSR count). The van der Waals surface area contributed by atoms with Crippen LogP contribution in [0, 0.1) is 6.92 Å². The molecule has 1 aliphatic rings. The van der Waals surface area contributed by atoms with Crippen molar-refractivity contribution in [3.05, 3.63) is 86.3 Å². The summed E-state index contributed by atoms with van der Waals surface area (Å²) in [5.41, 5.74) is 3.89. The highest BCUT2D eigenvalue weighted by atomic mass is 35.5. The van der Waals surface area contributed by atoms with Crippen molar-refractivity contribution in [3.8, 4) is 0 Å². The van der Waals surface area contributed by atoms with Crippen molar-refractivity contribution < 1.29 is 4.79 Å². The van der Waals surface area contributed by atoms with Crippen molar-refractivity contribution in [1.82, 2.24) is 15.2 Å². The summed E-state index contributed by atoms with van der Waals surface area (Å²) in [5.74, 6) is 0.300. The summed E-state index contributed by atoms with van der Waals surface area (Å²) in [7, 11) is 0. The Hall–Kier alpha value is -2.21. The summed E-state index contributed by atoms with van der Waals surface area (Å²) in [6, 6.07) is 16.1. The van der Waals surface area contributed by atoms with E-state index in [4.69, 9.17) is 16.6 Å². The van der Waals surface area contributed by atoms with E-state index in [1.807, 2.05) is 43.3 Å². The molecule has 1 fully saturated rings. The molecule has 0 atom stereocenters. The van der Waals surface area contributed by atoms with Crippen LogP contribution in [0.25, 0.3) is 0 Å². The second kappa shape index (κ2) is 10.4. The average molecular weight is 454 g/mol. The van der Waals surface area contributed by atoms with Crippen molar-refractivity contribution in [3.63, 3.8) is 0 Å². The molecule has 1 N–H and O–H groups in total. The van der Waals surface area contributed by atoms with E-state index in [0.29, 0.717) is 12.5 Å². The number of benzene rings is 1. The number of hydrogen-bond acceptors (Lipinski definition) is 4. The summed E-state index contributed by atoms with van der Waals surface area (Å²) < 4.78 is 0. The van der Waals surface area contributed by atoms with Crippen LogP contribution in [0.5, 0.6) is 0 Å². The fourth-order valence-electron chi connectivity index (χ4n) is 4.19. The molecule has 3 aromatic rings. The van der Waals surface area contributed by atoms with Crippen LogP contribution in [0.3, 0.4) is 0 Å². The first-order valence-electron chi connectivity index (χ1n) is 10.8. The summed E-state index contributed by atoms with van der Waals surface area (Å²) in [4.78, 5) is 21.5. The third kappa shape index (κ3) is 5.94. The van der Waals surface area contributed by atoms with E-state index in [9.17, 15) is 4.79 Å². The molecule has 2 aromatic heterocycles. The molecule has 1 amide bonds. The van der Waals surface area contributed by atoms with E-state index < -0.39 is 0 Å². The summed E-state index contributed by atoms with van der Waals surface area (Å²) in [6.07, 6.45) is 2.87. The molecule has 0 saturated carbocycles. The number of thiophene rings is 1. The second-order valence-corrected chi connectivity index (χ2v) is 9.62. The maximum absolute atomic E-state index is 12.9. The molecule has 0 radical (unpaired) electrons. The van der Waals surface area contributed by atoms with Gasteiger partial charge in [-0.05, 0) is 80.6 Å². The zero-order chi connectivity index (χ0) is 21.6. The quantitative estimate of drug-likeness (QED) is 0.516. The third-order valence-corrected chi connectivity index (χ3v) is 6.99. The van der Waals surface area contributed by atoms with E-state index in [2.05, 4.69) is 27.7 Å². The fourth-order valence-corrected chi connectivity index (χ4v) is 5.11. The predicted octanol–water partition coefficient (Wildman–Crippen LogP) is 5.46. The third-order valence-electron chi connectivity index (χ3n) is 5.82. The van der Waals surface area contributed by atoms with Gasteiger partial charge < -0.3 is 5.32 Å². The largest absolute Gasteiger partial charge is 0.352 e. The fraction of sp³-hybridized carbons (Fsp3) is 0.360. The number of carbonyl (C=O) groups excluding carboxylic acids is 1. The molecule has 162 valence electrons. The van der Waals surface area contributed by atoms with Crippen LogP contribution < -0.4 is 5.32 Å². The Morgan fingerprint density at radius 1 is 1.19 bits per heavy atom. The van der Waals surface area contributed by atoms with Gasteiger partial charge in [0.1, 0.15) is 0 Å². The van der Waals surface area contributed by atoms with Crippen LogP contribution in [0.4, 0.5) is 0 Å². The number of likely N-dealkylation sites (tertiary alicyclic amines) is 1. The van der Waals surface area contributed by atoms with E-state index >= 15 is 0 Å². The minimum absolute atomic E-state index is 0.0135. The second-order valence-electron chi connectivity index (χ2n) is 8.15. The van der Waals surface area contributed by atoms with Crippen LogP contribution in [0.15, 0.2) is 53.9 Å². The molecule has 0 spiro atoms. The number of amides is 1. The molecular formula is C25H28ClN3OS. The topological polar surface area (TPSA) is 45.2 Å². The lowest BCUT2D eigenvalue weighted by molar-refractivity contribution is 0.0951. The summed E-state index contributed by atoms with van der Waals surface area (Å²) >= 11 is 7.85. The highest BCUT2D eigenvalue weighted by molar-refractivity contribution is 7.09. The molecular weight excluding hydrogens is 426 g/mol. The van der Waals surface area contributed by atoms with Crippen molar-refractivity contribution in [2.45, 2.75) is 38.6 Å².